The standard InChI is InChI=1S/C22H25N3O3S/c1-15-16(2)29-22(23-15)24-20(26)14-25(12-7-13-28-3)21(27)19-11-6-9-17-8-4-5-10-18(17)19/h4-6,8-11H,7,12-14H2,1-3H3,(H,23,24,26). The second kappa shape index (κ2) is 9.62. The Kier molecular flexibility index (Phi) is 6.95. The van der Waals surface area contributed by atoms with Crippen molar-refractivity contribution in [1.29, 1.82) is 0 Å². The molecule has 0 unspecified atom stereocenters. The number of benzene rings is 2. The Hall–Kier alpha value is -2.77. The van der Waals surface area contributed by atoms with Crippen molar-refractivity contribution in [3.05, 3.63) is 58.6 Å². The van der Waals surface area contributed by atoms with E-state index >= 15 is 0 Å². The molecule has 3 aromatic rings. The zero-order valence-electron chi connectivity index (χ0n) is 16.9. The van der Waals surface area contributed by atoms with E-state index in [2.05, 4.69) is 10.3 Å². The molecule has 0 fully saturated rings. The molecule has 0 bridgehead atoms. The molecule has 29 heavy (non-hydrogen) atoms. The van der Waals surface area contributed by atoms with Crippen LogP contribution in [0.2, 0.25) is 0 Å². The SMILES string of the molecule is COCCCN(CC(=O)Nc1nc(C)c(C)s1)C(=O)c1cccc2ccccc12. The number of anilines is 1. The Morgan fingerprint density at radius 1 is 1.14 bits per heavy atom. The number of thiazole rings is 1. The Bertz CT molecular complexity index is 991. The number of amides is 2. The topological polar surface area (TPSA) is 71.5 Å². The first kappa shape index (κ1) is 21.0. The average molecular weight is 412 g/mol. The highest BCUT2D eigenvalue weighted by Gasteiger charge is 2.21. The van der Waals surface area contributed by atoms with E-state index in [9.17, 15) is 9.59 Å². The highest BCUT2D eigenvalue weighted by atomic mass is 32.1. The van der Waals surface area contributed by atoms with Gasteiger partial charge < -0.3 is 15.0 Å². The number of carbonyl (C=O) groups excluding carboxylic acids is 2. The zero-order valence-corrected chi connectivity index (χ0v) is 17.7. The van der Waals surface area contributed by atoms with E-state index in [1.54, 1.807) is 18.1 Å². The summed E-state index contributed by atoms with van der Waals surface area (Å²) in [6.07, 6.45) is 0.649. The van der Waals surface area contributed by atoms with E-state index in [4.69, 9.17) is 4.74 Å². The molecular formula is C22H25N3O3S. The monoisotopic (exact) mass is 411 g/mol. The van der Waals surface area contributed by atoms with Gasteiger partial charge in [-0.2, -0.15) is 0 Å². The van der Waals surface area contributed by atoms with Gasteiger partial charge >= 0.3 is 0 Å². The van der Waals surface area contributed by atoms with E-state index < -0.39 is 0 Å². The number of aromatic nitrogens is 1. The molecule has 0 aliphatic rings. The van der Waals surface area contributed by atoms with Gasteiger partial charge in [0.1, 0.15) is 6.54 Å². The molecule has 1 N–H and O–H groups in total. The first-order valence-electron chi connectivity index (χ1n) is 9.49. The number of nitrogens with zero attached hydrogens (tertiary/aromatic N) is 2. The minimum absolute atomic E-state index is 0.0382. The second-order valence-electron chi connectivity index (χ2n) is 6.81. The van der Waals surface area contributed by atoms with Gasteiger partial charge in [-0.1, -0.05) is 36.4 Å². The maximum atomic E-state index is 13.3. The molecular weight excluding hydrogens is 386 g/mol. The number of carbonyl (C=O) groups is 2. The van der Waals surface area contributed by atoms with Crippen LogP contribution < -0.4 is 5.32 Å². The molecule has 1 aromatic heterocycles. The van der Waals surface area contributed by atoms with Crippen LogP contribution in [0.15, 0.2) is 42.5 Å². The van der Waals surface area contributed by atoms with Gasteiger partial charge in [-0.15, -0.1) is 11.3 Å². The summed E-state index contributed by atoms with van der Waals surface area (Å²) < 4.78 is 5.12. The Morgan fingerprint density at radius 2 is 1.90 bits per heavy atom. The first-order chi connectivity index (χ1) is 14.0. The Labute approximate surface area is 174 Å². The van der Waals surface area contributed by atoms with Crippen molar-refractivity contribution >= 4 is 39.1 Å². The van der Waals surface area contributed by atoms with Gasteiger partial charge in [-0.25, -0.2) is 4.98 Å². The maximum absolute atomic E-state index is 13.3. The Balaban J connectivity index is 1.79. The quantitative estimate of drug-likeness (QED) is 0.568. The molecule has 0 radical (unpaired) electrons. The molecule has 7 heteroatoms. The fourth-order valence-electron chi connectivity index (χ4n) is 3.09. The molecule has 0 aliphatic carbocycles. The lowest BCUT2D eigenvalue weighted by atomic mass is 10.0. The smallest absolute Gasteiger partial charge is 0.254 e. The average Bonchev–Trinajstić information content (AvgIpc) is 3.03. The number of aryl methyl sites for hydroxylation is 2. The number of fused-ring (bicyclic) bond motifs is 1. The Morgan fingerprint density at radius 3 is 2.62 bits per heavy atom. The zero-order chi connectivity index (χ0) is 20.8. The van der Waals surface area contributed by atoms with Crippen LogP contribution in [0.3, 0.4) is 0 Å². The van der Waals surface area contributed by atoms with E-state index in [-0.39, 0.29) is 18.4 Å². The van der Waals surface area contributed by atoms with Crippen LogP contribution >= 0.6 is 11.3 Å². The summed E-state index contributed by atoms with van der Waals surface area (Å²) in [5.74, 6) is -0.427. The van der Waals surface area contributed by atoms with Crippen molar-refractivity contribution in [2.75, 3.05) is 32.1 Å². The van der Waals surface area contributed by atoms with Crippen LogP contribution in [0.4, 0.5) is 5.13 Å². The van der Waals surface area contributed by atoms with E-state index in [0.717, 1.165) is 21.3 Å². The van der Waals surface area contributed by atoms with Crippen molar-refractivity contribution in [2.24, 2.45) is 0 Å². The number of methoxy groups -OCH3 is 1. The lowest BCUT2D eigenvalue weighted by Crippen LogP contribution is -2.39. The molecule has 3 rings (SSSR count). The molecule has 2 amide bonds. The van der Waals surface area contributed by atoms with E-state index in [1.165, 1.54) is 11.3 Å². The molecule has 0 aliphatic heterocycles. The first-order valence-corrected chi connectivity index (χ1v) is 10.3. The number of nitrogens with one attached hydrogen (secondary N) is 1. The molecule has 0 saturated heterocycles. The predicted molar refractivity (Wildman–Crippen MR) is 117 cm³/mol. The fraction of sp³-hybridized carbons (Fsp3) is 0.318. The summed E-state index contributed by atoms with van der Waals surface area (Å²) in [5.41, 5.74) is 1.49. The summed E-state index contributed by atoms with van der Waals surface area (Å²) in [7, 11) is 1.62. The van der Waals surface area contributed by atoms with Gasteiger partial charge in [0.05, 0.1) is 5.69 Å². The largest absolute Gasteiger partial charge is 0.385 e. The third-order valence-electron chi connectivity index (χ3n) is 4.69. The number of hydrogen-bond acceptors (Lipinski definition) is 5. The van der Waals surface area contributed by atoms with Crippen molar-refractivity contribution in [3.8, 4) is 0 Å². The van der Waals surface area contributed by atoms with Gasteiger partial charge in [0.25, 0.3) is 5.91 Å². The van der Waals surface area contributed by atoms with E-state index in [1.807, 2.05) is 50.2 Å². The van der Waals surface area contributed by atoms with Gasteiger partial charge in [-0.3, -0.25) is 9.59 Å². The third-order valence-corrected chi connectivity index (χ3v) is 5.68. The van der Waals surface area contributed by atoms with Gasteiger partial charge in [0, 0.05) is 30.7 Å². The molecule has 1 heterocycles. The maximum Gasteiger partial charge on any atom is 0.254 e. The van der Waals surface area contributed by atoms with Crippen molar-refractivity contribution in [2.45, 2.75) is 20.3 Å². The van der Waals surface area contributed by atoms with Gasteiger partial charge in [-0.05, 0) is 37.1 Å². The minimum Gasteiger partial charge on any atom is -0.385 e. The lowest BCUT2D eigenvalue weighted by Gasteiger charge is -2.22. The molecule has 0 saturated carbocycles. The van der Waals surface area contributed by atoms with E-state index in [0.29, 0.717) is 30.3 Å². The second-order valence-corrected chi connectivity index (χ2v) is 8.01. The summed E-state index contributed by atoms with van der Waals surface area (Å²) in [5, 5.41) is 5.24. The van der Waals surface area contributed by atoms with Crippen LogP contribution in [0.5, 0.6) is 0 Å². The molecule has 0 atom stereocenters. The fourth-order valence-corrected chi connectivity index (χ4v) is 3.92. The minimum atomic E-state index is -0.259. The van der Waals surface area contributed by atoms with Crippen molar-refractivity contribution < 1.29 is 14.3 Å². The number of rotatable bonds is 8. The molecule has 0 spiro atoms. The number of hydrogen-bond donors (Lipinski definition) is 1. The summed E-state index contributed by atoms with van der Waals surface area (Å²) in [6, 6.07) is 13.4. The van der Waals surface area contributed by atoms with Crippen LogP contribution in [0.1, 0.15) is 27.3 Å². The summed E-state index contributed by atoms with van der Waals surface area (Å²) in [4.78, 5) is 32.9. The number of ether oxygens (including phenoxy) is 1. The van der Waals surface area contributed by atoms with Gasteiger partial charge in [0.2, 0.25) is 5.91 Å². The van der Waals surface area contributed by atoms with Crippen molar-refractivity contribution in [1.82, 2.24) is 9.88 Å². The van der Waals surface area contributed by atoms with Gasteiger partial charge in [0.15, 0.2) is 5.13 Å². The lowest BCUT2D eigenvalue weighted by molar-refractivity contribution is -0.116. The predicted octanol–water partition coefficient (Wildman–Crippen LogP) is 4.03. The van der Waals surface area contributed by atoms with Crippen LogP contribution in [-0.4, -0.2) is 48.5 Å². The third kappa shape index (κ3) is 5.19. The van der Waals surface area contributed by atoms with Crippen LogP contribution in [-0.2, 0) is 9.53 Å². The summed E-state index contributed by atoms with van der Waals surface area (Å²) >= 11 is 1.43. The highest BCUT2D eigenvalue weighted by molar-refractivity contribution is 7.15. The summed E-state index contributed by atoms with van der Waals surface area (Å²) in [6.45, 7) is 4.78. The molecule has 6 nitrogen and oxygen atoms in total. The molecule has 152 valence electrons. The van der Waals surface area contributed by atoms with Crippen LogP contribution in [0.25, 0.3) is 10.8 Å². The molecule has 2 aromatic carbocycles. The normalized spacial score (nSPS) is 10.9. The highest BCUT2D eigenvalue weighted by Crippen LogP contribution is 2.22. The van der Waals surface area contributed by atoms with Crippen molar-refractivity contribution in [3.63, 3.8) is 0 Å². The van der Waals surface area contributed by atoms with Crippen LogP contribution in [0, 0.1) is 13.8 Å².